The summed E-state index contributed by atoms with van der Waals surface area (Å²) in [5, 5.41) is 2.87. The highest BCUT2D eigenvalue weighted by molar-refractivity contribution is 9.10. The normalized spacial score (nSPS) is 17.4. The minimum Gasteiger partial charge on any atom is -0.497 e. The number of ether oxygens (including phenoxy) is 2. The average Bonchev–Trinajstić information content (AvgIpc) is 2.77. The van der Waals surface area contributed by atoms with Crippen LogP contribution in [0.25, 0.3) is 0 Å². The Labute approximate surface area is 185 Å². The lowest BCUT2D eigenvalue weighted by Gasteiger charge is -2.33. The summed E-state index contributed by atoms with van der Waals surface area (Å²) in [5.74, 6) is 0.955. The van der Waals surface area contributed by atoms with E-state index < -0.39 is 16.1 Å². The highest BCUT2D eigenvalue weighted by atomic mass is 79.9. The molecule has 1 N–H and O–H groups in total. The van der Waals surface area contributed by atoms with Gasteiger partial charge in [0, 0.05) is 23.1 Å². The molecule has 0 saturated carbocycles. The van der Waals surface area contributed by atoms with E-state index >= 15 is 0 Å². The van der Waals surface area contributed by atoms with Crippen molar-refractivity contribution in [3.8, 4) is 11.5 Å². The second kappa shape index (κ2) is 9.80. The molecule has 9 heteroatoms. The van der Waals surface area contributed by atoms with Crippen LogP contribution in [0.1, 0.15) is 24.8 Å². The van der Waals surface area contributed by atoms with Gasteiger partial charge in [0.05, 0.1) is 19.1 Å². The second-order valence-electron chi connectivity index (χ2n) is 6.98. The van der Waals surface area contributed by atoms with Gasteiger partial charge >= 0.3 is 0 Å². The maximum atomic E-state index is 13.2. The van der Waals surface area contributed by atoms with Gasteiger partial charge in [0.15, 0.2) is 0 Å². The third kappa shape index (κ3) is 4.96. The zero-order valence-electron chi connectivity index (χ0n) is 16.9. The van der Waals surface area contributed by atoms with E-state index in [0.29, 0.717) is 24.5 Å². The van der Waals surface area contributed by atoms with Crippen LogP contribution in [-0.4, -0.2) is 45.4 Å². The van der Waals surface area contributed by atoms with Gasteiger partial charge in [-0.1, -0.05) is 22.4 Å². The van der Waals surface area contributed by atoms with Gasteiger partial charge in [0.1, 0.15) is 17.5 Å². The van der Waals surface area contributed by atoms with Gasteiger partial charge in [-0.25, -0.2) is 8.42 Å². The van der Waals surface area contributed by atoms with Crippen LogP contribution >= 0.6 is 15.9 Å². The van der Waals surface area contributed by atoms with Crippen LogP contribution in [0.15, 0.2) is 51.8 Å². The Morgan fingerprint density at radius 2 is 1.87 bits per heavy atom. The molecule has 1 fully saturated rings. The van der Waals surface area contributed by atoms with Crippen molar-refractivity contribution in [1.82, 2.24) is 9.62 Å². The number of benzene rings is 2. The summed E-state index contributed by atoms with van der Waals surface area (Å²) < 4.78 is 39.0. The number of carbonyl (C=O) groups is 1. The first kappa shape index (κ1) is 22.6. The topological polar surface area (TPSA) is 84.9 Å². The molecule has 0 aromatic heterocycles. The summed E-state index contributed by atoms with van der Waals surface area (Å²) in [6.45, 7) is 0.529. The molecule has 1 amide bonds. The minimum absolute atomic E-state index is 0.180. The monoisotopic (exact) mass is 496 g/mol. The van der Waals surface area contributed by atoms with Gasteiger partial charge in [0.2, 0.25) is 15.9 Å². The number of halogens is 1. The molecule has 7 nitrogen and oxygen atoms in total. The number of nitrogens with one attached hydrogen (secondary N) is 1. The standard InChI is InChI=1S/C21H25BrN2O5S/c1-28-17-8-11-20(29-2)15(13-17)14-23-21(25)19-5-3-4-12-24(19)30(26,27)18-9-6-16(22)7-10-18/h6-11,13,19H,3-5,12,14H2,1-2H3,(H,23,25)/t19-/m1/s1. The van der Waals surface area contributed by atoms with Crippen molar-refractivity contribution in [1.29, 1.82) is 0 Å². The lowest BCUT2D eigenvalue weighted by molar-refractivity contribution is -0.125. The van der Waals surface area contributed by atoms with Gasteiger partial charge in [0.25, 0.3) is 0 Å². The first-order valence-corrected chi connectivity index (χ1v) is 11.9. The molecule has 162 valence electrons. The number of sulfonamides is 1. The van der Waals surface area contributed by atoms with Crippen LogP contribution in [0.3, 0.4) is 0 Å². The summed E-state index contributed by atoms with van der Waals surface area (Å²) in [7, 11) is -0.650. The number of hydrogen-bond donors (Lipinski definition) is 1. The fourth-order valence-corrected chi connectivity index (χ4v) is 5.44. The maximum Gasteiger partial charge on any atom is 0.243 e. The summed E-state index contributed by atoms with van der Waals surface area (Å²) >= 11 is 3.32. The molecular weight excluding hydrogens is 472 g/mol. The van der Waals surface area contributed by atoms with Crippen molar-refractivity contribution < 1.29 is 22.7 Å². The molecule has 0 unspecified atom stereocenters. The number of nitrogens with zero attached hydrogens (tertiary/aromatic N) is 1. The van der Waals surface area contributed by atoms with Crippen molar-refractivity contribution >= 4 is 31.9 Å². The molecular formula is C21H25BrN2O5S. The van der Waals surface area contributed by atoms with E-state index in [4.69, 9.17) is 9.47 Å². The molecule has 0 bridgehead atoms. The molecule has 1 atom stereocenters. The van der Waals surface area contributed by atoms with E-state index in [0.717, 1.165) is 22.9 Å². The highest BCUT2D eigenvalue weighted by Crippen LogP contribution is 2.27. The largest absolute Gasteiger partial charge is 0.497 e. The number of piperidine rings is 1. The van der Waals surface area contributed by atoms with Crippen molar-refractivity contribution in [3.05, 3.63) is 52.5 Å². The van der Waals surface area contributed by atoms with Crippen molar-refractivity contribution in [2.45, 2.75) is 36.7 Å². The molecule has 1 heterocycles. The zero-order chi connectivity index (χ0) is 21.7. The Morgan fingerprint density at radius 1 is 1.13 bits per heavy atom. The Hall–Kier alpha value is -2.10. The maximum absolute atomic E-state index is 13.2. The molecule has 3 rings (SSSR count). The predicted octanol–water partition coefficient (Wildman–Crippen LogP) is 3.33. The first-order valence-electron chi connectivity index (χ1n) is 9.63. The smallest absolute Gasteiger partial charge is 0.243 e. The molecule has 1 saturated heterocycles. The minimum atomic E-state index is -3.77. The Balaban J connectivity index is 1.78. The molecule has 2 aromatic carbocycles. The molecule has 1 aliphatic rings. The number of amides is 1. The quantitative estimate of drug-likeness (QED) is 0.635. The third-order valence-corrected chi connectivity index (χ3v) is 7.57. The van der Waals surface area contributed by atoms with Gasteiger partial charge in [-0.3, -0.25) is 4.79 Å². The summed E-state index contributed by atoms with van der Waals surface area (Å²) in [5.41, 5.74) is 0.753. The lowest BCUT2D eigenvalue weighted by atomic mass is 10.0. The van der Waals surface area contributed by atoms with E-state index in [2.05, 4.69) is 21.2 Å². The van der Waals surface area contributed by atoms with Gasteiger partial charge in [-0.15, -0.1) is 0 Å². The number of methoxy groups -OCH3 is 2. The second-order valence-corrected chi connectivity index (χ2v) is 9.78. The number of carbonyl (C=O) groups excluding carboxylic acids is 1. The van der Waals surface area contributed by atoms with E-state index in [1.807, 2.05) is 0 Å². The summed E-state index contributed by atoms with van der Waals surface area (Å²) in [6.07, 6.45) is 2.01. The average molecular weight is 497 g/mol. The highest BCUT2D eigenvalue weighted by Gasteiger charge is 2.37. The first-order chi connectivity index (χ1) is 14.4. The van der Waals surface area contributed by atoms with E-state index in [1.54, 1.807) is 56.7 Å². The fourth-order valence-electron chi connectivity index (χ4n) is 3.52. The van der Waals surface area contributed by atoms with Crippen LogP contribution < -0.4 is 14.8 Å². The van der Waals surface area contributed by atoms with Crippen molar-refractivity contribution in [2.75, 3.05) is 20.8 Å². The SMILES string of the molecule is COc1ccc(OC)c(CNC(=O)[C@H]2CCCCN2S(=O)(=O)c2ccc(Br)cc2)c1. The molecule has 1 aliphatic heterocycles. The van der Waals surface area contributed by atoms with Crippen LogP contribution in [0.5, 0.6) is 11.5 Å². The molecule has 0 radical (unpaired) electrons. The molecule has 0 spiro atoms. The van der Waals surface area contributed by atoms with Gasteiger partial charge in [-0.05, 0) is 55.3 Å². The molecule has 2 aromatic rings. The van der Waals surface area contributed by atoms with Crippen LogP contribution in [-0.2, 0) is 21.4 Å². The van der Waals surface area contributed by atoms with Crippen LogP contribution in [0.4, 0.5) is 0 Å². The van der Waals surface area contributed by atoms with Crippen molar-refractivity contribution in [3.63, 3.8) is 0 Å². The molecule has 0 aliphatic carbocycles. The Bertz CT molecular complexity index is 995. The number of rotatable bonds is 7. The van der Waals surface area contributed by atoms with Gasteiger partial charge in [-0.2, -0.15) is 4.31 Å². The Kier molecular flexibility index (Phi) is 7.38. The Morgan fingerprint density at radius 3 is 2.53 bits per heavy atom. The molecule has 30 heavy (non-hydrogen) atoms. The third-order valence-electron chi connectivity index (χ3n) is 5.12. The van der Waals surface area contributed by atoms with Gasteiger partial charge < -0.3 is 14.8 Å². The summed E-state index contributed by atoms with van der Waals surface area (Å²) in [4.78, 5) is 13.2. The van der Waals surface area contributed by atoms with Crippen LogP contribution in [0.2, 0.25) is 0 Å². The van der Waals surface area contributed by atoms with E-state index in [9.17, 15) is 13.2 Å². The summed E-state index contributed by atoms with van der Waals surface area (Å²) in [6, 6.07) is 11.0. The zero-order valence-corrected chi connectivity index (χ0v) is 19.3. The van der Waals surface area contributed by atoms with Crippen LogP contribution in [0, 0.1) is 0 Å². The number of hydrogen-bond acceptors (Lipinski definition) is 5. The van der Waals surface area contributed by atoms with Crippen molar-refractivity contribution in [2.24, 2.45) is 0 Å². The van der Waals surface area contributed by atoms with E-state index in [1.165, 1.54) is 4.31 Å². The predicted molar refractivity (Wildman–Crippen MR) is 117 cm³/mol. The van der Waals surface area contributed by atoms with E-state index in [-0.39, 0.29) is 17.3 Å². The fraction of sp³-hybridized carbons (Fsp3) is 0.381. The lowest BCUT2D eigenvalue weighted by Crippen LogP contribution is -2.51.